The van der Waals surface area contributed by atoms with Crippen LogP contribution in [0.2, 0.25) is 0 Å². The summed E-state index contributed by atoms with van der Waals surface area (Å²) in [7, 11) is 0. The largest absolute Gasteiger partial charge is 0.335 e. The molecule has 4 aliphatic rings. The van der Waals surface area contributed by atoms with Gasteiger partial charge >= 0.3 is 0 Å². The van der Waals surface area contributed by atoms with Crippen LogP contribution in [-0.2, 0) is 11.2 Å². The third kappa shape index (κ3) is 3.66. The second-order valence-electron chi connectivity index (χ2n) is 9.78. The van der Waals surface area contributed by atoms with E-state index >= 15 is 0 Å². The van der Waals surface area contributed by atoms with Crippen molar-refractivity contribution >= 4 is 17.2 Å². The third-order valence-electron chi connectivity index (χ3n) is 7.88. The van der Waals surface area contributed by atoms with Crippen LogP contribution >= 0.6 is 11.3 Å². The zero-order chi connectivity index (χ0) is 20.8. The van der Waals surface area contributed by atoms with E-state index in [0.29, 0.717) is 24.3 Å². The fourth-order valence-corrected chi connectivity index (χ4v) is 7.44. The number of amides is 1. The van der Waals surface area contributed by atoms with E-state index in [-0.39, 0.29) is 5.91 Å². The van der Waals surface area contributed by atoms with Crippen molar-refractivity contribution in [2.24, 2.45) is 11.8 Å². The maximum absolute atomic E-state index is 13.5. The number of rotatable bonds is 3. The summed E-state index contributed by atoms with van der Waals surface area (Å²) in [6.45, 7) is 3.34. The van der Waals surface area contributed by atoms with Gasteiger partial charge < -0.3 is 4.90 Å². The van der Waals surface area contributed by atoms with Crippen LogP contribution in [0.1, 0.15) is 44.2 Å². The van der Waals surface area contributed by atoms with Crippen molar-refractivity contribution in [3.05, 3.63) is 53.1 Å². The van der Waals surface area contributed by atoms with Gasteiger partial charge in [-0.05, 0) is 50.5 Å². The number of aromatic nitrogens is 1. The Morgan fingerprint density at radius 1 is 1.13 bits per heavy atom. The van der Waals surface area contributed by atoms with E-state index in [1.54, 1.807) is 16.9 Å². The predicted molar refractivity (Wildman–Crippen MR) is 125 cm³/mol. The highest BCUT2D eigenvalue weighted by Crippen LogP contribution is 2.45. The van der Waals surface area contributed by atoms with Gasteiger partial charge in [0.05, 0.1) is 18.2 Å². The molecule has 1 aromatic heterocycles. The van der Waals surface area contributed by atoms with Crippen molar-refractivity contribution in [1.82, 2.24) is 14.8 Å². The molecule has 3 aliphatic heterocycles. The molecule has 3 saturated heterocycles. The number of hydrogen-bond donors (Lipinski definition) is 0. The Labute approximate surface area is 189 Å². The highest BCUT2D eigenvalue weighted by Gasteiger charge is 2.46. The highest BCUT2D eigenvalue weighted by atomic mass is 32.1. The van der Waals surface area contributed by atoms with E-state index in [1.807, 2.05) is 18.2 Å². The quantitative estimate of drug-likeness (QED) is 0.654. The fraction of sp³-hybridized carbons (Fsp3) is 0.538. The summed E-state index contributed by atoms with van der Waals surface area (Å²) >= 11 is 1.64. The van der Waals surface area contributed by atoms with Gasteiger partial charge in [0.2, 0.25) is 5.91 Å². The molecule has 0 unspecified atom stereocenters. The molecule has 1 aliphatic carbocycles. The molecule has 0 radical (unpaired) electrons. The molecule has 6 rings (SSSR count). The molecule has 4 heterocycles. The first-order chi connectivity index (χ1) is 15.3. The molecule has 0 saturated carbocycles. The summed E-state index contributed by atoms with van der Waals surface area (Å²) in [5, 5.41) is 3.07. The number of benzene rings is 1. The molecule has 4 nitrogen and oxygen atoms in total. The van der Waals surface area contributed by atoms with Crippen LogP contribution in [0.3, 0.4) is 0 Å². The number of likely N-dealkylation sites (tertiary alicyclic amines) is 1. The van der Waals surface area contributed by atoms with Crippen molar-refractivity contribution in [2.45, 2.75) is 57.0 Å². The molecule has 0 spiro atoms. The van der Waals surface area contributed by atoms with Crippen LogP contribution in [0.25, 0.3) is 10.6 Å². The van der Waals surface area contributed by atoms with Gasteiger partial charge in [0, 0.05) is 30.1 Å². The Morgan fingerprint density at radius 3 is 2.94 bits per heavy atom. The Kier molecular flexibility index (Phi) is 5.19. The molecular weight excluding hydrogens is 402 g/mol. The van der Waals surface area contributed by atoms with Crippen LogP contribution in [0.5, 0.6) is 0 Å². The molecule has 5 heteroatoms. The first-order valence-electron chi connectivity index (χ1n) is 12.0. The van der Waals surface area contributed by atoms with Gasteiger partial charge in [-0.25, -0.2) is 4.98 Å². The molecule has 31 heavy (non-hydrogen) atoms. The van der Waals surface area contributed by atoms with E-state index in [4.69, 9.17) is 4.98 Å². The summed E-state index contributed by atoms with van der Waals surface area (Å²) in [6.07, 6.45) is 10.7. The number of piperidine rings is 3. The Balaban J connectivity index is 1.21. The van der Waals surface area contributed by atoms with Crippen molar-refractivity contribution < 1.29 is 4.79 Å². The van der Waals surface area contributed by atoms with Crippen molar-refractivity contribution in [2.75, 3.05) is 19.6 Å². The summed E-state index contributed by atoms with van der Waals surface area (Å²) < 4.78 is 0. The molecule has 3 fully saturated rings. The Hall–Kier alpha value is -1.98. The maximum atomic E-state index is 13.5. The molecule has 162 valence electrons. The van der Waals surface area contributed by atoms with Crippen LogP contribution < -0.4 is 0 Å². The van der Waals surface area contributed by atoms with Crippen LogP contribution in [-0.4, -0.2) is 52.4 Å². The smallest absolute Gasteiger partial charge is 0.229 e. The van der Waals surface area contributed by atoms with Gasteiger partial charge in [-0.15, -0.1) is 11.3 Å². The van der Waals surface area contributed by atoms with Gasteiger partial charge in [0.1, 0.15) is 5.01 Å². The number of fused-ring (bicyclic) bond motifs is 6. The van der Waals surface area contributed by atoms with Crippen molar-refractivity contribution in [3.63, 3.8) is 0 Å². The van der Waals surface area contributed by atoms with E-state index in [1.165, 1.54) is 45.2 Å². The molecule has 1 aromatic carbocycles. The van der Waals surface area contributed by atoms with Crippen LogP contribution in [0.4, 0.5) is 0 Å². The molecular formula is C26H31N3OS. The fourth-order valence-electron chi connectivity index (χ4n) is 6.61. The molecule has 2 bridgehead atoms. The van der Waals surface area contributed by atoms with Crippen molar-refractivity contribution in [1.29, 1.82) is 0 Å². The minimum atomic E-state index is 0.264. The minimum absolute atomic E-state index is 0.264. The lowest BCUT2D eigenvalue weighted by molar-refractivity contribution is -0.135. The zero-order valence-electron chi connectivity index (χ0n) is 18.1. The summed E-state index contributed by atoms with van der Waals surface area (Å²) in [6, 6.07) is 11.4. The van der Waals surface area contributed by atoms with Crippen LogP contribution in [0.15, 0.2) is 47.4 Å². The maximum Gasteiger partial charge on any atom is 0.229 e. The van der Waals surface area contributed by atoms with Gasteiger partial charge in [-0.1, -0.05) is 48.4 Å². The average molecular weight is 434 g/mol. The van der Waals surface area contributed by atoms with E-state index in [2.05, 4.69) is 33.4 Å². The van der Waals surface area contributed by atoms with E-state index < -0.39 is 0 Å². The van der Waals surface area contributed by atoms with Crippen molar-refractivity contribution in [3.8, 4) is 10.6 Å². The van der Waals surface area contributed by atoms with Gasteiger partial charge in [-0.3, -0.25) is 9.69 Å². The van der Waals surface area contributed by atoms with Gasteiger partial charge in [0.25, 0.3) is 0 Å². The van der Waals surface area contributed by atoms with E-state index in [0.717, 1.165) is 35.3 Å². The Morgan fingerprint density at radius 2 is 2.03 bits per heavy atom. The first kappa shape index (κ1) is 19.7. The predicted octanol–water partition coefficient (Wildman–Crippen LogP) is 4.77. The molecule has 1 amide bonds. The SMILES string of the molecule is O=C(Cc1csc(-c2ccccc2)n1)N1CCCC2=C[C@H]3C[C@H](CN4CCCC[C@@H]34)[C@@H]21. The molecule has 0 N–H and O–H groups in total. The highest BCUT2D eigenvalue weighted by molar-refractivity contribution is 7.13. The Bertz CT molecular complexity index is 984. The second kappa shape index (κ2) is 8.18. The van der Waals surface area contributed by atoms with Gasteiger partial charge in [-0.2, -0.15) is 0 Å². The second-order valence-corrected chi connectivity index (χ2v) is 10.6. The lowest BCUT2D eigenvalue weighted by Crippen LogP contribution is -2.60. The summed E-state index contributed by atoms with van der Waals surface area (Å²) in [5.41, 5.74) is 3.61. The molecule has 4 atom stereocenters. The van der Waals surface area contributed by atoms with Crippen LogP contribution in [0, 0.1) is 11.8 Å². The monoisotopic (exact) mass is 433 g/mol. The summed E-state index contributed by atoms with van der Waals surface area (Å²) in [5.74, 6) is 1.59. The number of carbonyl (C=O) groups is 1. The third-order valence-corrected chi connectivity index (χ3v) is 8.82. The zero-order valence-corrected chi connectivity index (χ0v) is 18.9. The standard InChI is InChI=1S/C26H31N3OS/c30-24(15-22-17-31-26(27-22)18-7-2-1-3-8-18)29-12-6-9-19-13-20-14-21(25(19)29)16-28-11-5-4-10-23(20)28/h1-3,7-8,13,17,20-21,23,25H,4-6,9-12,14-16H2/t20-,21+,23-,25+/m0/s1. The summed E-state index contributed by atoms with van der Waals surface area (Å²) in [4.78, 5) is 23.2. The lowest BCUT2D eigenvalue weighted by Gasteiger charge is -2.54. The topological polar surface area (TPSA) is 36.4 Å². The van der Waals surface area contributed by atoms with E-state index in [9.17, 15) is 4.79 Å². The lowest BCUT2D eigenvalue weighted by atomic mass is 9.68. The normalized spacial score (nSPS) is 30.3. The van der Waals surface area contributed by atoms with Gasteiger partial charge in [0.15, 0.2) is 0 Å². The first-order valence-corrected chi connectivity index (χ1v) is 12.9. The number of carbonyl (C=O) groups excluding carboxylic acids is 1. The number of nitrogens with zero attached hydrogens (tertiary/aromatic N) is 3. The number of hydrogen-bond acceptors (Lipinski definition) is 4. The average Bonchev–Trinajstić information content (AvgIpc) is 3.28. The minimum Gasteiger partial charge on any atom is -0.335 e. The molecule has 2 aromatic rings. The number of thiazole rings is 1.